The predicted octanol–water partition coefficient (Wildman–Crippen LogP) is 3.85. The number of aromatic nitrogens is 1. The second kappa shape index (κ2) is 5.83. The molecule has 6 heteroatoms. The van der Waals surface area contributed by atoms with Crippen molar-refractivity contribution in [3.8, 4) is 0 Å². The van der Waals surface area contributed by atoms with Crippen molar-refractivity contribution >= 4 is 28.0 Å². The summed E-state index contributed by atoms with van der Waals surface area (Å²) in [4.78, 5) is 4.65. The van der Waals surface area contributed by atoms with Gasteiger partial charge in [0.15, 0.2) is 5.69 Å². The number of hydrogen-bond donors (Lipinski definition) is 0. The smallest absolute Gasteiger partial charge is 0.191 e. The summed E-state index contributed by atoms with van der Waals surface area (Å²) >= 11 is 1.63. The maximum absolute atomic E-state index is 4.84. The summed E-state index contributed by atoms with van der Waals surface area (Å²) in [6.45, 7) is 0. The first-order valence-electron chi connectivity index (χ1n) is 7.72. The van der Waals surface area contributed by atoms with Crippen molar-refractivity contribution in [2.45, 2.75) is 0 Å². The van der Waals surface area contributed by atoms with Gasteiger partial charge in [0.25, 0.3) is 5.84 Å². The van der Waals surface area contributed by atoms with E-state index in [-0.39, 0.29) is 0 Å². The summed E-state index contributed by atoms with van der Waals surface area (Å²) in [5.74, 6) is 0.932. The molecule has 0 radical (unpaired) electrons. The molecule has 1 aromatic heterocycles. The van der Waals surface area contributed by atoms with Crippen molar-refractivity contribution in [1.82, 2.24) is 19.8 Å². The molecule has 5 nitrogen and oxygen atoms in total. The number of amidine groups is 1. The molecule has 24 heavy (non-hydrogen) atoms. The van der Waals surface area contributed by atoms with Gasteiger partial charge in [-0.25, -0.2) is 0 Å². The van der Waals surface area contributed by atoms with Crippen LogP contribution in [0.2, 0.25) is 0 Å². The third kappa shape index (κ3) is 2.08. The van der Waals surface area contributed by atoms with Gasteiger partial charge in [-0.2, -0.15) is 10.1 Å². The summed E-state index contributed by atoms with van der Waals surface area (Å²) in [6.07, 6.45) is 1.84. The largest absolute Gasteiger partial charge is 0.319 e. The van der Waals surface area contributed by atoms with E-state index >= 15 is 0 Å². The zero-order valence-corrected chi connectivity index (χ0v) is 14.4. The Morgan fingerprint density at radius 2 is 1.58 bits per heavy atom. The van der Waals surface area contributed by atoms with E-state index in [1.54, 1.807) is 11.3 Å². The number of para-hydroxylation sites is 1. The second-order valence-corrected chi connectivity index (χ2v) is 6.43. The highest BCUT2D eigenvalue weighted by Crippen LogP contribution is 2.43. The molecule has 0 saturated heterocycles. The Morgan fingerprint density at radius 1 is 0.917 bits per heavy atom. The molecule has 0 N–H and O–H groups in total. The normalized spacial score (nSPS) is 21.1. The highest BCUT2D eigenvalue weighted by molar-refractivity contribution is 7.13. The van der Waals surface area contributed by atoms with Crippen LogP contribution in [0, 0.1) is 0 Å². The molecule has 0 aliphatic carbocycles. The Hall–Kier alpha value is -2.54. The zero-order valence-electron chi connectivity index (χ0n) is 13.6. The highest BCUT2D eigenvalue weighted by Gasteiger charge is 2.54. The molecule has 1 atom stereocenters. The summed E-state index contributed by atoms with van der Waals surface area (Å²) in [6, 6.07) is 20.7. The quantitative estimate of drug-likeness (QED) is 0.681. The molecule has 1 aliphatic rings. The Bertz CT molecular complexity index is 848. The molecular formula is C18H18N5S+. The summed E-state index contributed by atoms with van der Waals surface area (Å²) in [7, 11) is 3.99. The van der Waals surface area contributed by atoms with Crippen molar-refractivity contribution in [3.05, 3.63) is 77.8 Å². The second-order valence-electron chi connectivity index (χ2n) is 5.55. The van der Waals surface area contributed by atoms with Gasteiger partial charge in [-0.05, 0) is 17.3 Å². The molecule has 0 saturated carbocycles. The highest BCUT2D eigenvalue weighted by atomic mass is 32.1. The standard InChI is InChI=1S/C18H18N5S/c1-21-20-17(15-9-5-3-6-10-15)23(22(21)2,18-19-13-14-24-18)16-11-7-4-8-12-16/h3-14H,1-2H3/q+1. The monoisotopic (exact) mass is 336 g/mol. The lowest BCUT2D eigenvalue weighted by Gasteiger charge is -2.35. The molecule has 2 aromatic carbocycles. The van der Waals surface area contributed by atoms with Gasteiger partial charge < -0.3 is 0 Å². The van der Waals surface area contributed by atoms with Crippen LogP contribution in [0.1, 0.15) is 5.56 Å². The number of benzene rings is 2. The lowest BCUT2D eigenvalue weighted by molar-refractivity contribution is -0.0471. The maximum atomic E-state index is 4.84. The average Bonchev–Trinajstić information content (AvgIpc) is 3.25. The van der Waals surface area contributed by atoms with E-state index in [2.05, 4.69) is 46.5 Å². The molecule has 0 spiro atoms. The maximum Gasteiger partial charge on any atom is 0.319 e. The predicted molar refractivity (Wildman–Crippen MR) is 98.5 cm³/mol. The Kier molecular flexibility index (Phi) is 3.65. The fraction of sp³-hybridized carbons (Fsp3) is 0.111. The van der Waals surface area contributed by atoms with E-state index < -0.39 is 0 Å². The molecule has 0 amide bonds. The summed E-state index contributed by atoms with van der Waals surface area (Å²) in [5.41, 5.74) is 2.18. The number of hydrazine groups is 1. The minimum absolute atomic E-state index is 0.346. The van der Waals surface area contributed by atoms with E-state index in [1.165, 1.54) is 0 Å². The summed E-state index contributed by atoms with van der Waals surface area (Å²) in [5, 5.41) is 11.8. The van der Waals surface area contributed by atoms with E-state index in [0.717, 1.165) is 22.2 Å². The molecule has 1 aliphatic heterocycles. The van der Waals surface area contributed by atoms with Crippen LogP contribution >= 0.6 is 11.3 Å². The van der Waals surface area contributed by atoms with Gasteiger partial charge >= 0.3 is 5.13 Å². The van der Waals surface area contributed by atoms with Crippen LogP contribution in [0.15, 0.2) is 77.3 Å². The number of nitrogens with zero attached hydrogens (tertiary/aromatic N) is 5. The molecule has 120 valence electrons. The Balaban J connectivity index is 2.02. The van der Waals surface area contributed by atoms with Gasteiger partial charge in [0.2, 0.25) is 0 Å². The third-order valence-electron chi connectivity index (χ3n) is 4.26. The van der Waals surface area contributed by atoms with E-state index in [4.69, 9.17) is 5.10 Å². The van der Waals surface area contributed by atoms with E-state index in [1.807, 2.05) is 55.1 Å². The number of hydrogen-bond acceptors (Lipinski definition) is 5. The van der Waals surface area contributed by atoms with Gasteiger partial charge in [-0.15, -0.1) is 0 Å². The fourth-order valence-electron chi connectivity index (χ4n) is 3.06. The molecule has 2 heterocycles. The topological polar surface area (TPSA) is 31.7 Å². The van der Waals surface area contributed by atoms with E-state index in [9.17, 15) is 0 Å². The van der Waals surface area contributed by atoms with E-state index in [0.29, 0.717) is 4.59 Å². The first-order valence-corrected chi connectivity index (χ1v) is 8.59. The van der Waals surface area contributed by atoms with Crippen molar-refractivity contribution in [2.24, 2.45) is 5.10 Å². The molecule has 1 unspecified atom stereocenters. The number of quaternary nitrogens is 1. The number of thiazole rings is 1. The van der Waals surface area contributed by atoms with Crippen LogP contribution in [0.5, 0.6) is 0 Å². The fourth-order valence-corrected chi connectivity index (χ4v) is 3.89. The van der Waals surface area contributed by atoms with Crippen molar-refractivity contribution < 1.29 is 0 Å². The van der Waals surface area contributed by atoms with Crippen LogP contribution < -0.4 is 4.59 Å². The van der Waals surface area contributed by atoms with Gasteiger partial charge in [0.05, 0.1) is 12.6 Å². The average molecular weight is 336 g/mol. The summed E-state index contributed by atoms with van der Waals surface area (Å²) < 4.78 is 0.346. The lowest BCUT2D eigenvalue weighted by atomic mass is 10.1. The number of hydrazone groups is 1. The molecular weight excluding hydrogens is 318 g/mol. The lowest BCUT2D eigenvalue weighted by Crippen LogP contribution is -2.58. The molecule has 0 bridgehead atoms. The Morgan fingerprint density at radius 3 is 2.21 bits per heavy atom. The Labute approximate surface area is 145 Å². The van der Waals surface area contributed by atoms with Crippen molar-refractivity contribution in [3.63, 3.8) is 0 Å². The van der Waals surface area contributed by atoms with Gasteiger partial charge in [0.1, 0.15) is 0 Å². The van der Waals surface area contributed by atoms with Crippen molar-refractivity contribution in [2.75, 3.05) is 14.1 Å². The minimum Gasteiger partial charge on any atom is -0.191 e. The van der Waals surface area contributed by atoms with Crippen LogP contribution in [0.25, 0.3) is 0 Å². The van der Waals surface area contributed by atoms with Crippen LogP contribution in [-0.4, -0.2) is 35.2 Å². The molecule has 4 rings (SSSR count). The van der Waals surface area contributed by atoms with Gasteiger partial charge in [-0.1, -0.05) is 57.4 Å². The van der Waals surface area contributed by atoms with Gasteiger partial charge in [0, 0.05) is 30.8 Å². The third-order valence-corrected chi connectivity index (χ3v) is 5.10. The first kappa shape index (κ1) is 15.0. The molecule has 3 aromatic rings. The van der Waals surface area contributed by atoms with Crippen LogP contribution in [0.4, 0.5) is 10.8 Å². The first-order chi connectivity index (χ1) is 11.7. The van der Waals surface area contributed by atoms with Gasteiger partial charge in [-0.3, -0.25) is 0 Å². The van der Waals surface area contributed by atoms with Crippen LogP contribution in [0.3, 0.4) is 0 Å². The minimum atomic E-state index is 0.346. The van der Waals surface area contributed by atoms with Crippen LogP contribution in [-0.2, 0) is 0 Å². The number of rotatable bonds is 3. The zero-order chi connectivity index (χ0) is 16.6. The van der Waals surface area contributed by atoms with Crippen molar-refractivity contribution in [1.29, 1.82) is 0 Å². The SMILES string of the molecule is CN1N=C(c2ccccc2)[N+](c2ccccc2)(c2nccs2)N1C. The molecule has 0 fully saturated rings.